The van der Waals surface area contributed by atoms with Gasteiger partial charge in [-0.2, -0.15) is 21.6 Å². The zero-order valence-electron chi connectivity index (χ0n) is 9.47. The van der Waals surface area contributed by atoms with Gasteiger partial charge in [0.15, 0.2) is 5.75 Å². The van der Waals surface area contributed by atoms with Gasteiger partial charge in [0.1, 0.15) is 11.3 Å². The molecule has 0 atom stereocenters. The molecular formula is C10H7F3N2O3S. The summed E-state index contributed by atoms with van der Waals surface area (Å²) in [6.07, 6.45) is 1.37. The van der Waals surface area contributed by atoms with Crippen LogP contribution in [-0.2, 0) is 10.1 Å². The fraction of sp³-hybridized carbons (Fsp3) is 0.200. The Morgan fingerprint density at radius 1 is 1.26 bits per heavy atom. The first kappa shape index (κ1) is 13.5. The van der Waals surface area contributed by atoms with Crippen molar-refractivity contribution in [3.63, 3.8) is 0 Å². The van der Waals surface area contributed by atoms with E-state index in [1.54, 1.807) is 0 Å². The summed E-state index contributed by atoms with van der Waals surface area (Å²) >= 11 is 0. The first-order valence-corrected chi connectivity index (χ1v) is 6.35. The number of hydrogen-bond acceptors (Lipinski definition) is 5. The van der Waals surface area contributed by atoms with Crippen LogP contribution in [0.3, 0.4) is 0 Å². The van der Waals surface area contributed by atoms with Crippen molar-refractivity contribution in [2.24, 2.45) is 0 Å². The first-order valence-electron chi connectivity index (χ1n) is 4.94. The lowest BCUT2D eigenvalue weighted by molar-refractivity contribution is -0.0499. The molecule has 0 aliphatic rings. The molecule has 102 valence electrons. The van der Waals surface area contributed by atoms with E-state index in [1.807, 2.05) is 0 Å². The zero-order valence-corrected chi connectivity index (χ0v) is 10.3. The van der Waals surface area contributed by atoms with Crippen molar-refractivity contribution < 1.29 is 25.8 Å². The maximum absolute atomic E-state index is 12.3. The van der Waals surface area contributed by atoms with Crippen molar-refractivity contribution in [1.29, 1.82) is 0 Å². The number of nitrogens with zero attached hydrogens (tertiary/aromatic N) is 2. The molecule has 19 heavy (non-hydrogen) atoms. The fourth-order valence-corrected chi connectivity index (χ4v) is 1.81. The smallest absolute Gasteiger partial charge is 0.374 e. The van der Waals surface area contributed by atoms with Crippen molar-refractivity contribution in [2.45, 2.75) is 12.4 Å². The number of alkyl halides is 3. The second-order valence-corrected chi connectivity index (χ2v) is 5.13. The summed E-state index contributed by atoms with van der Waals surface area (Å²) in [5.74, 6) is -0.201. The number of aromatic nitrogens is 2. The van der Waals surface area contributed by atoms with Crippen LogP contribution in [0.4, 0.5) is 13.2 Å². The zero-order chi connectivity index (χ0) is 14.3. The normalized spacial score (nSPS) is 12.6. The summed E-state index contributed by atoms with van der Waals surface area (Å²) in [6, 6.07) is 3.97. The van der Waals surface area contributed by atoms with E-state index in [9.17, 15) is 21.6 Å². The van der Waals surface area contributed by atoms with Gasteiger partial charge < -0.3 is 4.18 Å². The highest BCUT2D eigenvalue weighted by atomic mass is 32.2. The fourth-order valence-electron chi connectivity index (χ4n) is 1.35. The third-order valence-corrected chi connectivity index (χ3v) is 3.14. The summed E-state index contributed by atoms with van der Waals surface area (Å²) in [4.78, 5) is 7.73. The Kier molecular flexibility index (Phi) is 3.09. The van der Waals surface area contributed by atoms with Crippen LogP contribution in [0.1, 0.15) is 5.82 Å². The van der Waals surface area contributed by atoms with E-state index in [4.69, 9.17) is 0 Å². The Hall–Kier alpha value is -1.90. The Labute approximate surface area is 106 Å². The van der Waals surface area contributed by atoms with E-state index < -0.39 is 21.4 Å². The monoisotopic (exact) mass is 292 g/mol. The van der Waals surface area contributed by atoms with Crippen LogP contribution in [0.25, 0.3) is 10.9 Å². The van der Waals surface area contributed by atoms with Gasteiger partial charge >= 0.3 is 15.6 Å². The van der Waals surface area contributed by atoms with Gasteiger partial charge in [-0.05, 0) is 13.0 Å². The molecule has 2 aromatic rings. The first-order chi connectivity index (χ1) is 8.71. The number of halogens is 3. The number of rotatable bonds is 2. The third kappa shape index (κ3) is 2.60. The maximum atomic E-state index is 12.3. The van der Waals surface area contributed by atoms with Gasteiger partial charge in [-0.25, -0.2) is 9.97 Å². The minimum atomic E-state index is -5.72. The quantitative estimate of drug-likeness (QED) is 0.626. The molecule has 1 heterocycles. The minimum absolute atomic E-state index is 0.00262. The van der Waals surface area contributed by atoms with E-state index in [0.717, 1.165) is 6.07 Å². The van der Waals surface area contributed by atoms with Gasteiger partial charge in [0.25, 0.3) is 0 Å². The Balaban J connectivity index is 2.56. The lowest BCUT2D eigenvalue weighted by Crippen LogP contribution is -2.28. The van der Waals surface area contributed by atoms with Crippen LogP contribution >= 0.6 is 0 Å². The number of para-hydroxylation sites is 1. The van der Waals surface area contributed by atoms with Crippen molar-refractivity contribution in [3.05, 3.63) is 30.2 Å². The van der Waals surface area contributed by atoms with E-state index in [1.165, 1.54) is 25.3 Å². The second-order valence-electron chi connectivity index (χ2n) is 3.59. The van der Waals surface area contributed by atoms with Gasteiger partial charge in [-0.1, -0.05) is 12.1 Å². The van der Waals surface area contributed by atoms with Crippen LogP contribution in [0.2, 0.25) is 0 Å². The summed E-state index contributed by atoms with van der Waals surface area (Å²) < 4.78 is 62.8. The minimum Gasteiger partial charge on any atom is -0.374 e. The summed E-state index contributed by atoms with van der Waals surface area (Å²) in [5, 5.41) is 0.375. The Bertz CT molecular complexity index is 728. The molecule has 0 saturated heterocycles. The lowest BCUT2D eigenvalue weighted by atomic mass is 10.2. The van der Waals surface area contributed by atoms with Crippen molar-refractivity contribution in [3.8, 4) is 5.75 Å². The maximum Gasteiger partial charge on any atom is 0.534 e. The van der Waals surface area contributed by atoms with Crippen LogP contribution in [0.15, 0.2) is 24.4 Å². The second kappa shape index (κ2) is 4.34. The summed E-state index contributed by atoms with van der Waals surface area (Å²) in [7, 11) is -5.72. The molecule has 0 spiro atoms. The Morgan fingerprint density at radius 3 is 2.58 bits per heavy atom. The van der Waals surface area contributed by atoms with Crippen LogP contribution in [0, 0.1) is 6.92 Å². The highest BCUT2D eigenvalue weighted by Crippen LogP contribution is 2.30. The molecule has 0 N–H and O–H groups in total. The van der Waals surface area contributed by atoms with Crippen LogP contribution in [-0.4, -0.2) is 23.9 Å². The highest BCUT2D eigenvalue weighted by Gasteiger charge is 2.48. The molecule has 0 radical (unpaired) electrons. The summed E-state index contributed by atoms with van der Waals surface area (Å²) in [5.41, 5.74) is -5.49. The van der Waals surface area contributed by atoms with Crippen LogP contribution in [0.5, 0.6) is 5.75 Å². The van der Waals surface area contributed by atoms with Gasteiger partial charge in [-0.3, -0.25) is 0 Å². The predicted octanol–water partition coefficient (Wildman–Crippen LogP) is 2.17. The molecule has 0 unspecified atom stereocenters. The van der Waals surface area contributed by atoms with Crippen molar-refractivity contribution >= 4 is 21.0 Å². The largest absolute Gasteiger partial charge is 0.534 e. The van der Waals surface area contributed by atoms with Crippen molar-refractivity contribution in [1.82, 2.24) is 9.97 Å². The van der Waals surface area contributed by atoms with Gasteiger partial charge in [0.05, 0.1) is 0 Å². The average molecular weight is 292 g/mol. The average Bonchev–Trinajstić information content (AvgIpc) is 2.28. The van der Waals surface area contributed by atoms with E-state index in [-0.39, 0.29) is 11.3 Å². The van der Waals surface area contributed by atoms with Gasteiger partial charge in [-0.15, -0.1) is 0 Å². The molecular weight excluding hydrogens is 285 g/mol. The van der Waals surface area contributed by atoms with Gasteiger partial charge in [0.2, 0.25) is 0 Å². The molecule has 1 aromatic heterocycles. The molecule has 1 aromatic carbocycles. The molecule has 0 aliphatic carbocycles. The Morgan fingerprint density at radius 2 is 1.95 bits per heavy atom. The molecule has 0 saturated carbocycles. The topological polar surface area (TPSA) is 69.2 Å². The molecule has 9 heteroatoms. The number of hydrogen-bond donors (Lipinski definition) is 0. The molecule has 5 nitrogen and oxygen atoms in total. The summed E-state index contributed by atoms with van der Waals surface area (Å²) in [6.45, 7) is 1.52. The van der Waals surface area contributed by atoms with E-state index in [0.29, 0.717) is 5.39 Å². The molecule has 2 rings (SSSR count). The molecule has 0 amide bonds. The lowest BCUT2D eigenvalue weighted by Gasteiger charge is -2.10. The SMILES string of the molecule is Cc1ncc2cccc(OS(=O)(=O)C(F)(F)F)c2n1. The van der Waals surface area contributed by atoms with E-state index in [2.05, 4.69) is 14.2 Å². The van der Waals surface area contributed by atoms with Gasteiger partial charge in [0, 0.05) is 11.6 Å². The highest BCUT2D eigenvalue weighted by molar-refractivity contribution is 7.88. The number of fused-ring (bicyclic) bond motifs is 1. The number of aryl methyl sites for hydroxylation is 1. The third-order valence-electron chi connectivity index (χ3n) is 2.18. The molecule has 0 aliphatic heterocycles. The molecule has 0 fully saturated rings. The van der Waals surface area contributed by atoms with Crippen molar-refractivity contribution in [2.75, 3.05) is 0 Å². The number of benzene rings is 1. The van der Waals surface area contributed by atoms with E-state index >= 15 is 0 Å². The molecule has 0 bridgehead atoms. The predicted molar refractivity (Wildman–Crippen MR) is 59.9 cm³/mol. The standard InChI is InChI=1S/C10H7F3N2O3S/c1-6-14-5-7-3-2-4-8(9(7)15-6)18-19(16,17)10(11,12)13/h2-5H,1H3. The van der Waals surface area contributed by atoms with Crippen LogP contribution < -0.4 is 4.18 Å².